The molecule has 0 saturated heterocycles. The van der Waals surface area contributed by atoms with E-state index >= 15 is 0 Å². The van der Waals surface area contributed by atoms with Crippen molar-refractivity contribution in [3.63, 3.8) is 0 Å². The van der Waals surface area contributed by atoms with Crippen LogP contribution in [0.5, 0.6) is 0 Å². The van der Waals surface area contributed by atoms with Crippen LogP contribution in [0.25, 0.3) is 0 Å². The highest BCUT2D eigenvalue weighted by atomic mass is 16.6. The predicted molar refractivity (Wildman–Crippen MR) is 76.5 cm³/mol. The van der Waals surface area contributed by atoms with E-state index in [-0.39, 0.29) is 12.3 Å². The SMILES string of the molecule is O=C(NNc1cccc([N+](=O)[O-])c1)OCc1ccccc1. The first-order valence-electron chi connectivity index (χ1n) is 6.12. The van der Waals surface area contributed by atoms with Gasteiger partial charge in [-0.1, -0.05) is 36.4 Å². The number of non-ortho nitro benzene ring substituents is 1. The maximum atomic E-state index is 11.5. The van der Waals surface area contributed by atoms with Crippen LogP contribution in [0.4, 0.5) is 16.2 Å². The second kappa shape index (κ2) is 6.90. The molecule has 0 aromatic heterocycles. The van der Waals surface area contributed by atoms with Gasteiger partial charge in [0.2, 0.25) is 0 Å². The van der Waals surface area contributed by atoms with Crippen molar-refractivity contribution >= 4 is 17.5 Å². The van der Waals surface area contributed by atoms with E-state index in [2.05, 4.69) is 10.9 Å². The molecule has 7 nitrogen and oxygen atoms in total. The number of carbonyl (C=O) groups is 1. The van der Waals surface area contributed by atoms with Gasteiger partial charge in [-0.05, 0) is 11.6 Å². The lowest BCUT2D eigenvalue weighted by Gasteiger charge is -2.09. The Morgan fingerprint density at radius 1 is 1.14 bits per heavy atom. The van der Waals surface area contributed by atoms with Gasteiger partial charge in [-0.25, -0.2) is 10.2 Å². The van der Waals surface area contributed by atoms with Gasteiger partial charge in [-0.2, -0.15) is 0 Å². The molecule has 2 N–H and O–H groups in total. The van der Waals surface area contributed by atoms with E-state index in [1.54, 1.807) is 6.07 Å². The average Bonchev–Trinajstić information content (AvgIpc) is 2.52. The van der Waals surface area contributed by atoms with Crippen molar-refractivity contribution in [1.82, 2.24) is 5.43 Å². The fourth-order valence-electron chi connectivity index (χ4n) is 1.58. The molecule has 0 saturated carbocycles. The van der Waals surface area contributed by atoms with Crippen LogP contribution < -0.4 is 10.9 Å². The van der Waals surface area contributed by atoms with Crippen molar-refractivity contribution in [2.45, 2.75) is 6.61 Å². The molecule has 0 atom stereocenters. The predicted octanol–water partition coefficient (Wildman–Crippen LogP) is 2.85. The van der Waals surface area contributed by atoms with Crippen LogP contribution in [0.2, 0.25) is 0 Å². The normalized spacial score (nSPS) is 9.71. The minimum atomic E-state index is -0.676. The van der Waals surface area contributed by atoms with E-state index in [1.807, 2.05) is 30.3 Å². The van der Waals surface area contributed by atoms with Gasteiger partial charge in [0.25, 0.3) is 5.69 Å². The molecule has 0 bridgehead atoms. The summed E-state index contributed by atoms with van der Waals surface area (Å²) >= 11 is 0. The molecule has 21 heavy (non-hydrogen) atoms. The van der Waals surface area contributed by atoms with Crippen molar-refractivity contribution in [2.75, 3.05) is 5.43 Å². The van der Waals surface area contributed by atoms with Gasteiger partial charge in [0.05, 0.1) is 10.6 Å². The Morgan fingerprint density at radius 3 is 2.62 bits per heavy atom. The highest BCUT2D eigenvalue weighted by Gasteiger charge is 2.06. The second-order valence-electron chi connectivity index (χ2n) is 4.12. The topological polar surface area (TPSA) is 93.5 Å². The van der Waals surface area contributed by atoms with E-state index < -0.39 is 11.0 Å². The van der Waals surface area contributed by atoms with Gasteiger partial charge in [0.15, 0.2) is 0 Å². The molecular weight excluding hydrogens is 274 g/mol. The molecular formula is C14H13N3O4. The quantitative estimate of drug-likeness (QED) is 0.651. The van der Waals surface area contributed by atoms with Crippen LogP contribution in [0.15, 0.2) is 54.6 Å². The Kier molecular flexibility index (Phi) is 4.70. The van der Waals surface area contributed by atoms with Crippen molar-refractivity contribution < 1.29 is 14.5 Å². The molecule has 0 aliphatic rings. The smallest absolute Gasteiger partial charge is 0.426 e. The Bertz CT molecular complexity index is 631. The van der Waals surface area contributed by atoms with Gasteiger partial charge in [-0.3, -0.25) is 15.5 Å². The minimum Gasteiger partial charge on any atom is -0.443 e. The van der Waals surface area contributed by atoms with Crippen LogP contribution in [0, 0.1) is 10.1 Å². The van der Waals surface area contributed by atoms with Crippen LogP contribution in [0.3, 0.4) is 0 Å². The Hall–Kier alpha value is -3.09. The summed E-state index contributed by atoms with van der Waals surface area (Å²) in [5.41, 5.74) is 6.03. The Morgan fingerprint density at radius 2 is 1.90 bits per heavy atom. The van der Waals surface area contributed by atoms with Gasteiger partial charge in [0, 0.05) is 12.1 Å². The summed E-state index contributed by atoms with van der Waals surface area (Å²) in [4.78, 5) is 21.6. The third-order valence-electron chi connectivity index (χ3n) is 2.58. The first kappa shape index (κ1) is 14.3. The van der Waals surface area contributed by atoms with Crippen LogP contribution in [-0.2, 0) is 11.3 Å². The molecule has 2 rings (SSSR count). The zero-order valence-corrected chi connectivity index (χ0v) is 11.0. The molecule has 0 radical (unpaired) electrons. The lowest BCUT2D eigenvalue weighted by atomic mass is 10.2. The molecule has 1 amide bonds. The summed E-state index contributed by atoms with van der Waals surface area (Å²) in [6.45, 7) is 0.142. The summed E-state index contributed by atoms with van der Waals surface area (Å²) in [7, 11) is 0. The third-order valence-corrected chi connectivity index (χ3v) is 2.58. The van der Waals surface area contributed by atoms with E-state index in [0.717, 1.165) is 5.56 Å². The summed E-state index contributed by atoms with van der Waals surface area (Å²) < 4.78 is 4.98. The van der Waals surface area contributed by atoms with Gasteiger partial charge >= 0.3 is 6.09 Å². The number of benzene rings is 2. The number of ether oxygens (including phenoxy) is 1. The number of rotatable bonds is 5. The maximum absolute atomic E-state index is 11.5. The van der Waals surface area contributed by atoms with Crippen molar-refractivity contribution in [1.29, 1.82) is 0 Å². The lowest BCUT2D eigenvalue weighted by molar-refractivity contribution is -0.384. The van der Waals surface area contributed by atoms with Crippen molar-refractivity contribution in [3.8, 4) is 0 Å². The molecule has 0 aliphatic carbocycles. The molecule has 2 aromatic rings. The fourth-order valence-corrected chi connectivity index (χ4v) is 1.58. The van der Waals surface area contributed by atoms with Gasteiger partial charge in [0.1, 0.15) is 6.61 Å². The van der Waals surface area contributed by atoms with Crippen molar-refractivity contribution in [2.24, 2.45) is 0 Å². The van der Waals surface area contributed by atoms with Crippen LogP contribution in [-0.4, -0.2) is 11.0 Å². The number of carbonyl (C=O) groups excluding carboxylic acids is 1. The van der Waals surface area contributed by atoms with E-state index in [1.165, 1.54) is 18.2 Å². The van der Waals surface area contributed by atoms with Crippen LogP contribution >= 0.6 is 0 Å². The number of nitro benzene ring substituents is 1. The molecule has 0 aliphatic heterocycles. The zero-order valence-electron chi connectivity index (χ0n) is 11.0. The molecule has 7 heteroatoms. The average molecular weight is 287 g/mol. The number of hydrazine groups is 1. The number of hydrogen-bond donors (Lipinski definition) is 2. The second-order valence-corrected chi connectivity index (χ2v) is 4.12. The molecule has 0 fully saturated rings. The van der Waals surface area contributed by atoms with Gasteiger partial charge in [-0.15, -0.1) is 0 Å². The van der Waals surface area contributed by atoms with Crippen LogP contribution in [0.1, 0.15) is 5.56 Å². The highest BCUT2D eigenvalue weighted by Crippen LogP contribution is 2.16. The maximum Gasteiger partial charge on any atom is 0.426 e. The molecule has 0 spiro atoms. The number of amides is 1. The third kappa shape index (κ3) is 4.50. The summed E-state index contributed by atoms with van der Waals surface area (Å²) in [6, 6.07) is 15.0. The summed E-state index contributed by atoms with van der Waals surface area (Å²) in [6.07, 6.45) is -0.676. The standard InChI is InChI=1S/C14H13N3O4/c18-14(21-10-11-5-2-1-3-6-11)16-15-12-7-4-8-13(9-12)17(19)20/h1-9,15H,10H2,(H,16,18). The number of nitro groups is 1. The number of nitrogens with zero attached hydrogens (tertiary/aromatic N) is 1. The monoisotopic (exact) mass is 287 g/mol. The van der Waals surface area contributed by atoms with Gasteiger partial charge < -0.3 is 4.74 Å². The first-order chi connectivity index (χ1) is 10.1. The summed E-state index contributed by atoms with van der Waals surface area (Å²) in [5, 5.41) is 10.6. The molecule has 0 heterocycles. The number of anilines is 1. The molecule has 2 aromatic carbocycles. The zero-order chi connectivity index (χ0) is 15.1. The van der Waals surface area contributed by atoms with E-state index in [4.69, 9.17) is 4.74 Å². The Labute approximate surface area is 120 Å². The first-order valence-corrected chi connectivity index (χ1v) is 6.12. The molecule has 108 valence electrons. The fraction of sp³-hybridized carbons (Fsp3) is 0.0714. The summed E-state index contributed by atoms with van der Waals surface area (Å²) in [5.74, 6) is 0. The highest BCUT2D eigenvalue weighted by molar-refractivity contribution is 5.69. The largest absolute Gasteiger partial charge is 0.443 e. The number of hydrogen-bond acceptors (Lipinski definition) is 5. The minimum absolute atomic E-state index is 0.0700. The Balaban J connectivity index is 1.81. The lowest BCUT2D eigenvalue weighted by Crippen LogP contribution is -2.29. The number of nitrogens with one attached hydrogen (secondary N) is 2. The van der Waals surface area contributed by atoms with Crippen molar-refractivity contribution in [3.05, 3.63) is 70.3 Å². The molecule has 0 unspecified atom stereocenters. The van der Waals surface area contributed by atoms with E-state index in [0.29, 0.717) is 5.69 Å². The van der Waals surface area contributed by atoms with E-state index in [9.17, 15) is 14.9 Å².